The first-order valence-electron chi connectivity index (χ1n) is 10.9. The number of anilines is 1. The van der Waals surface area contributed by atoms with Crippen LogP contribution in [0.5, 0.6) is 0 Å². The number of halogens is 3. The predicted molar refractivity (Wildman–Crippen MR) is 121 cm³/mol. The van der Waals surface area contributed by atoms with E-state index in [1.54, 1.807) is 34.9 Å². The zero-order chi connectivity index (χ0) is 24.9. The Morgan fingerprint density at radius 2 is 1.68 bits per heavy atom. The molecule has 1 heterocycles. The Morgan fingerprint density at radius 3 is 2.32 bits per heavy atom. The number of para-hydroxylation sites is 1. The highest BCUT2D eigenvalue weighted by atomic mass is 19.4. The topological polar surface area (TPSA) is 81.8 Å². The third-order valence-electron chi connectivity index (χ3n) is 5.56. The summed E-state index contributed by atoms with van der Waals surface area (Å²) in [5.41, 5.74) is 0.226. The maximum absolute atomic E-state index is 13.1. The Bertz CT molecular complexity index is 1050. The van der Waals surface area contributed by atoms with E-state index in [1.807, 2.05) is 13.0 Å². The van der Waals surface area contributed by atoms with Crippen molar-refractivity contribution < 1.29 is 27.6 Å². The van der Waals surface area contributed by atoms with Crippen LogP contribution in [0.2, 0.25) is 0 Å². The van der Waals surface area contributed by atoms with E-state index in [1.165, 1.54) is 18.2 Å². The molecule has 1 saturated heterocycles. The zero-order valence-electron chi connectivity index (χ0n) is 19.0. The molecule has 2 aromatic rings. The second-order valence-corrected chi connectivity index (χ2v) is 8.26. The zero-order valence-corrected chi connectivity index (χ0v) is 19.0. The number of hydrogen-bond acceptors (Lipinski definition) is 4. The lowest BCUT2D eigenvalue weighted by atomic mass is 10.1. The SMILES string of the molecule is Cc1cccc(C(=O)N[C@@H](C)C(=O)N2CCN(CC(=O)Nc3ccccc3C(F)(F)F)CC2)c1. The Labute approximate surface area is 195 Å². The molecule has 1 atom stereocenters. The largest absolute Gasteiger partial charge is 0.418 e. The molecule has 0 spiro atoms. The summed E-state index contributed by atoms with van der Waals surface area (Å²) in [7, 11) is 0. The highest BCUT2D eigenvalue weighted by molar-refractivity contribution is 5.97. The summed E-state index contributed by atoms with van der Waals surface area (Å²) in [6.45, 7) is 4.87. The number of carbonyl (C=O) groups is 3. The van der Waals surface area contributed by atoms with E-state index in [0.29, 0.717) is 31.7 Å². The van der Waals surface area contributed by atoms with Gasteiger partial charge in [0.25, 0.3) is 5.91 Å². The molecule has 0 bridgehead atoms. The number of hydrogen-bond donors (Lipinski definition) is 2. The van der Waals surface area contributed by atoms with Crippen LogP contribution in [0.3, 0.4) is 0 Å². The number of nitrogens with zero attached hydrogens (tertiary/aromatic N) is 2. The highest BCUT2D eigenvalue weighted by Crippen LogP contribution is 2.34. The number of benzene rings is 2. The molecule has 1 aliphatic rings. The van der Waals surface area contributed by atoms with Gasteiger partial charge in [0.05, 0.1) is 17.8 Å². The van der Waals surface area contributed by atoms with Gasteiger partial charge in [-0.05, 0) is 38.1 Å². The van der Waals surface area contributed by atoms with Gasteiger partial charge in [-0.3, -0.25) is 19.3 Å². The Hall–Kier alpha value is -3.40. The van der Waals surface area contributed by atoms with Crippen LogP contribution in [-0.4, -0.2) is 66.3 Å². The summed E-state index contributed by atoms with van der Waals surface area (Å²) in [4.78, 5) is 40.8. The van der Waals surface area contributed by atoms with Gasteiger partial charge in [-0.1, -0.05) is 29.8 Å². The van der Waals surface area contributed by atoms with Crippen molar-refractivity contribution >= 4 is 23.4 Å². The first-order chi connectivity index (χ1) is 16.0. The molecule has 0 unspecified atom stereocenters. The van der Waals surface area contributed by atoms with Crippen molar-refractivity contribution in [2.45, 2.75) is 26.1 Å². The second kappa shape index (κ2) is 10.7. The van der Waals surface area contributed by atoms with E-state index in [2.05, 4.69) is 10.6 Å². The Kier molecular flexibility index (Phi) is 7.93. The summed E-state index contributed by atoms with van der Waals surface area (Å²) >= 11 is 0. The molecule has 1 fully saturated rings. The number of rotatable bonds is 6. The van der Waals surface area contributed by atoms with Gasteiger partial charge in [0.2, 0.25) is 11.8 Å². The lowest BCUT2D eigenvalue weighted by Gasteiger charge is -2.35. The molecule has 0 radical (unpaired) electrons. The van der Waals surface area contributed by atoms with Gasteiger partial charge in [-0.15, -0.1) is 0 Å². The van der Waals surface area contributed by atoms with Crippen molar-refractivity contribution in [2.24, 2.45) is 0 Å². The van der Waals surface area contributed by atoms with Crippen molar-refractivity contribution in [1.82, 2.24) is 15.1 Å². The van der Waals surface area contributed by atoms with Crippen LogP contribution < -0.4 is 10.6 Å². The molecule has 0 saturated carbocycles. The maximum Gasteiger partial charge on any atom is 0.418 e. The van der Waals surface area contributed by atoms with Crippen LogP contribution in [-0.2, 0) is 15.8 Å². The number of nitrogens with one attached hydrogen (secondary N) is 2. The minimum Gasteiger partial charge on any atom is -0.341 e. The lowest BCUT2D eigenvalue weighted by molar-refractivity contribution is -0.137. The third-order valence-corrected chi connectivity index (χ3v) is 5.56. The van der Waals surface area contributed by atoms with Crippen molar-refractivity contribution in [1.29, 1.82) is 0 Å². The molecule has 2 aromatic carbocycles. The maximum atomic E-state index is 13.1. The first kappa shape index (κ1) is 25.2. The average Bonchev–Trinajstić information content (AvgIpc) is 2.78. The van der Waals surface area contributed by atoms with Crippen LogP contribution in [0, 0.1) is 6.92 Å². The van der Waals surface area contributed by atoms with Crippen LogP contribution in [0.1, 0.15) is 28.4 Å². The molecule has 3 amide bonds. The molecule has 182 valence electrons. The quantitative estimate of drug-likeness (QED) is 0.672. The normalized spacial score (nSPS) is 15.5. The van der Waals surface area contributed by atoms with E-state index in [4.69, 9.17) is 0 Å². The summed E-state index contributed by atoms with van der Waals surface area (Å²) in [6.07, 6.45) is -4.57. The van der Waals surface area contributed by atoms with E-state index < -0.39 is 23.7 Å². The number of amides is 3. The molecule has 1 aliphatic heterocycles. The standard InChI is InChI=1S/C24H27F3N4O3/c1-16-6-5-7-18(14-16)22(33)28-17(2)23(34)31-12-10-30(11-13-31)15-21(32)29-20-9-4-3-8-19(20)24(25,26)27/h3-9,14,17H,10-13,15H2,1-2H3,(H,28,33)(H,29,32)/t17-/m0/s1. The third kappa shape index (κ3) is 6.57. The van der Waals surface area contributed by atoms with E-state index in [9.17, 15) is 27.6 Å². The summed E-state index contributed by atoms with van der Waals surface area (Å²) in [5.74, 6) is -1.13. The van der Waals surface area contributed by atoms with Gasteiger partial charge >= 0.3 is 6.18 Å². The fourth-order valence-corrected chi connectivity index (χ4v) is 3.76. The summed E-state index contributed by atoms with van der Waals surface area (Å²) in [5, 5.41) is 5.04. The molecule has 2 N–H and O–H groups in total. The van der Waals surface area contributed by atoms with Gasteiger partial charge in [0.15, 0.2) is 0 Å². The van der Waals surface area contributed by atoms with Crippen molar-refractivity contribution in [3.05, 3.63) is 65.2 Å². The predicted octanol–water partition coefficient (Wildman–Crippen LogP) is 2.92. The van der Waals surface area contributed by atoms with Crippen LogP contribution >= 0.6 is 0 Å². The second-order valence-electron chi connectivity index (χ2n) is 8.26. The van der Waals surface area contributed by atoms with Crippen LogP contribution in [0.15, 0.2) is 48.5 Å². The van der Waals surface area contributed by atoms with Gasteiger partial charge in [0, 0.05) is 31.7 Å². The van der Waals surface area contributed by atoms with Gasteiger partial charge in [-0.2, -0.15) is 13.2 Å². The smallest absolute Gasteiger partial charge is 0.341 e. The molecular formula is C24H27F3N4O3. The fourth-order valence-electron chi connectivity index (χ4n) is 3.76. The first-order valence-corrected chi connectivity index (χ1v) is 10.9. The number of piperazine rings is 1. The monoisotopic (exact) mass is 476 g/mol. The molecule has 34 heavy (non-hydrogen) atoms. The minimum absolute atomic E-state index is 0.0894. The van der Waals surface area contributed by atoms with Gasteiger partial charge in [-0.25, -0.2) is 0 Å². The molecule has 0 aromatic heterocycles. The molecule has 3 rings (SSSR count). The van der Waals surface area contributed by atoms with E-state index in [0.717, 1.165) is 11.6 Å². The van der Waals surface area contributed by atoms with Crippen molar-refractivity contribution in [3.63, 3.8) is 0 Å². The summed E-state index contributed by atoms with van der Waals surface area (Å²) < 4.78 is 39.3. The Morgan fingerprint density at radius 1 is 1.00 bits per heavy atom. The molecule has 0 aliphatic carbocycles. The van der Waals surface area contributed by atoms with E-state index >= 15 is 0 Å². The Balaban J connectivity index is 1.48. The van der Waals surface area contributed by atoms with E-state index in [-0.39, 0.29) is 24.0 Å². The molecule has 10 heteroatoms. The van der Waals surface area contributed by atoms with Gasteiger partial charge in [0.1, 0.15) is 6.04 Å². The molecular weight excluding hydrogens is 449 g/mol. The highest BCUT2D eigenvalue weighted by Gasteiger charge is 2.34. The lowest BCUT2D eigenvalue weighted by Crippen LogP contribution is -2.55. The van der Waals surface area contributed by atoms with Crippen molar-refractivity contribution in [2.75, 3.05) is 38.0 Å². The van der Waals surface area contributed by atoms with Crippen LogP contribution in [0.25, 0.3) is 0 Å². The number of carbonyl (C=O) groups excluding carboxylic acids is 3. The average molecular weight is 476 g/mol. The van der Waals surface area contributed by atoms with Crippen LogP contribution in [0.4, 0.5) is 18.9 Å². The minimum atomic E-state index is -4.57. The summed E-state index contributed by atoms with van der Waals surface area (Å²) in [6, 6.07) is 11.2. The van der Waals surface area contributed by atoms with Gasteiger partial charge < -0.3 is 15.5 Å². The number of alkyl halides is 3. The molecule has 7 nitrogen and oxygen atoms in total. The fraction of sp³-hybridized carbons (Fsp3) is 0.375. The number of aryl methyl sites for hydroxylation is 1. The van der Waals surface area contributed by atoms with Crippen molar-refractivity contribution in [3.8, 4) is 0 Å².